The van der Waals surface area contributed by atoms with Crippen LogP contribution in [0.2, 0.25) is 0 Å². The van der Waals surface area contributed by atoms with Gasteiger partial charge in [0.2, 0.25) is 0 Å². The molecule has 0 radical (unpaired) electrons. The van der Waals surface area contributed by atoms with Gasteiger partial charge in [0.25, 0.3) is 5.79 Å². The van der Waals surface area contributed by atoms with E-state index < -0.39 is 11.8 Å². The van der Waals surface area contributed by atoms with Crippen molar-refractivity contribution < 1.29 is 24.1 Å². The van der Waals surface area contributed by atoms with Crippen LogP contribution in [0.3, 0.4) is 0 Å². The van der Waals surface area contributed by atoms with Crippen LogP contribution in [0.1, 0.15) is 84.0 Å². The SMILES string of the molecule is CCCCCCC=C[C@@H]1[C@@H](CCCCCC(O)(O)C(=O)OC)CC[C@H]1CF. The highest BCUT2D eigenvalue weighted by atomic mass is 19.1. The third-order valence-electron chi connectivity index (χ3n) is 5.89. The summed E-state index contributed by atoms with van der Waals surface area (Å²) in [5.74, 6) is -2.38. The Morgan fingerprint density at radius 1 is 1.11 bits per heavy atom. The second-order valence-corrected chi connectivity index (χ2v) is 8.01. The van der Waals surface area contributed by atoms with Crippen molar-refractivity contribution in [1.82, 2.24) is 0 Å². The number of alkyl halides is 1. The van der Waals surface area contributed by atoms with Gasteiger partial charge in [-0.25, -0.2) is 4.79 Å². The lowest BCUT2D eigenvalue weighted by molar-refractivity contribution is -0.209. The maximum absolute atomic E-state index is 13.3. The van der Waals surface area contributed by atoms with Crippen molar-refractivity contribution in [2.45, 2.75) is 89.8 Å². The van der Waals surface area contributed by atoms with Crippen molar-refractivity contribution in [2.24, 2.45) is 17.8 Å². The number of aliphatic hydroxyl groups is 2. The molecule has 1 rings (SSSR count). The Morgan fingerprint density at radius 3 is 2.48 bits per heavy atom. The molecule has 0 aromatic heterocycles. The van der Waals surface area contributed by atoms with Gasteiger partial charge >= 0.3 is 5.97 Å². The van der Waals surface area contributed by atoms with Gasteiger partial charge in [-0.15, -0.1) is 0 Å². The van der Waals surface area contributed by atoms with E-state index >= 15 is 0 Å². The molecule has 0 saturated heterocycles. The predicted octanol–water partition coefficient (Wildman–Crippen LogP) is 4.93. The van der Waals surface area contributed by atoms with Crippen LogP contribution in [0.25, 0.3) is 0 Å². The van der Waals surface area contributed by atoms with Gasteiger partial charge in [-0.2, -0.15) is 0 Å². The molecule has 1 aliphatic carbocycles. The first-order chi connectivity index (χ1) is 13.0. The van der Waals surface area contributed by atoms with Crippen LogP contribution in [-0.4, -0.2) is 35.8 Å². The third-order valence-corrected chi connectivity index (χ3v) is 5.89. The highest BCUT2D eigenvalue weighted by molar-refractivity contribution is 5.76. The lowest BCUT2D eigenvalue weighted by Gasteiger charge is -2.21. The van der Waals surface area contributed by atoms with Gasteiger partial charge in [0.15, 0.2) is 0 Å². The molecular formula is C22H39FO4. The summed E-state index contributed by atoms with van der Waals surface area (Å²) in [6.07, 6.45) is 16.0. The zero-order valence-corrected chi connectivity index (χ0v) is 17.2. The normalized spacial score (nSPS) is 23.2. The summed E-state index contributed by atoms with van der Waals surface area (Å²) in [6.45, 7) is 1.97. The van der Waals surface area contributed by atoms with Crippen molar-refractivity contribution in [1.29, 1.82) is 0 Å². The molecule has 0 aromatic rings. The Bertz CT molecular complexity index is 436. The molecule has 0 amide bonds. The first-order valence-electron chi connectivity index (χ1n) is 10.7. The summed E-state index contributed by atoms with van der Waals surface area (Å²) in [7, 11) is 1.14. The second-order valence-electron chi connectivity index (χ2n) is 8.01. The fourth-order valence-corrected chi connectivity index (χ4v) is 4.19. The summed E-state index contributed by atoms with van der Waals surface area (Å²) >= 11 is 0. The number of rotatable bonds is 14. The molecule has 158 valence electrons. The minimum Gasteiger partial charge on any atom is -0.465 e. The molecule has 5 heteroatoms. The fourth-order valence-electron chi connectivity index (χ4n) is 4.19. The Kier molecular flexibility index (Phi) is 11.8. The van der Waals surface area contributed by atoms with Gasteiger partial charge < -0.3 is 14.9 Å². The van der Waals surface area contributed by atoms with Crippen molar-refractivity contribution in [2.75, 3.05) is 13.8 Å². The lowest BCUT2D eigenvalue weighted by atomic mass is 9.86. The fraction of sp³-hybridized carbons (Fsp3) is 0.864. The van der Waals surface area contributed by atoms with E-state index in [1.807, 2.05) is 0 Å². The molecule has 3 atom stereocenters. The predicted molar refractivity (Wildman–Crippen MR) is 106 cm³/mol. The number of methoxy groups -OCH3 is 1. The standard InChI is InChI=1S/C22H39FO4/c1-3-4-5-6-7-10-13-20-18(14-15-19(20)17-23)12-9-8-11-16-22(25,26)21(24)27-2/h10,13,18-20,25-26H,3-9,11-12,14-17H2,1-2H3/t18-,19-,20+/m0/s1. The van der Waals surface area contributed by atoms with Crippen LogP contribution in [0, 0.1) is 17.8 Å². The van der Waals surface area contributed by atoms with Crippen LogP contribution >= 0.6 is 0 Å². The maximum Gasteiger partial charge on any atom is 0.366 e. The number of hydrogen-bond donors (Lipinski definition) is 2. The lowest BCUT2D eigenvalue weighted by Crippen LogP contribution is -2.39. The summed E-state index contributed by atoms with van der Waals surface area (Å²) in [4.78, 5) is 11.2. The third kappa shape index (κ3) is 8.73. The molecule has 1 fully saturated rings. The quantitative estimate of drug-likeness (QED) is 0.192. The number of allylic oxidation sites excluding steroid dienone is 2. The first-order valence-corrected chi connectivity index (χ1v) is 10.7. The Balaban J connectivity index is 2.33. The van der Waals surface area contributed by atoms with Gasteiger partial charge in [0.05, 0.1) is 13.8 Å². The van der Waals surface area contributed by atoms with E-state index in [9.17, 15) is 19.4 Å². The molecule has 0 aromatic carbocycles. The van der Waals surface area contributed by atoms with Gasteiger partial charge in [-0.3, -0.25) is 4.39 Å². The molecule has 4 nitrogen and oxygen atoms in total. The van der Waals surface area contributed by atoms with Crippen molar-refractivity contribution >= 4 is 5.97 Å². The minimum absolute atomic E-state index is 0.0153. The van der Waals surface area contributed by atoms with E-state index in [1.54, 1.807) is 0 Å². The Hall–Kier alpha value is -0.940. The van der Waals surface area contributed by atoms with E-state index in [0.717, 1.165) is 45.6 Å². The molecule has 1 saturated carbocycles. The molecule has 27 heavy (non-hydrogen) atoms. The number of carbonyl (C=O) groups excluding carboxylic acids is 1. The van der Waals surface area contributed by atoms with Gasteiger partial charge in [0.1, 0.15) is 0 Å². The average molecular weight is 387 g/mol. The number of carbonyl (C=O) groups is 1. The van der Waals surface area contributed by atoms with Crippen molar-refractivity contribution in [3.63, 3.8) is 0 Å². The van der Waals surface area contributed by atoms with Crippen LogP contribution in [0.4, 0.5) is 4.39 Å². The molecule has 1 aliphatic rings. The number of esters is 1. The summed E-state index contributed by atoms with van der Waals surface area (Å²) in [5, 5.41) is 19.2. The van der Waals surface area contributed by atoms with Gasteiger partial charge in [-0.05, 0) is 56.3 Å². The van der Waals surface area contributed by atoms with Crippen LogP contribution in [0.5, 0.6) is 0 Å². The zero-order chi connectivity index (χ0) is 20.1. The van der Waals surface area contributed by atoms with Gasteiger partial charge in [-0.1, -0.05) is 51.2 Å². The minimum atomic E-state index is -2.38. The monoisotopic (exact) mass is 386 g/mol. The van der Waals surface area contributed by atoms with E-state index in [1.165, 1.54) is 25.7 Å². The molecule has 0 heterocycles. The molecule has 0 spiro atoms. The largest absolute Gasteiger partial charge is 0.465 e. The summed E-state index contributed by atoms with van der Waals surface area (Å²) in [6, 6.07) is 0. The molecule has 0 bridgehead atoms. The average Bonchev–Trinajstić information content (AvgIpc) is 3.05. The topological polar surface area (TPSA) is 66.8 Å². The van der Waals surface area contributed by atoms with Crippen LogP contribution in [0.15, 0.2) is 12.2 Å². The zero-order valence-electron chi connectivity index (χ0n) is 17.2. The molecule has 0 aliphatic heterocycles. The smallest absolute Gasteiger partial charge is 0.366 e. The number of ether oxygens (including phenoxy) is 1. The highest BCUT2D eigenvalue weighted by Gasteiger charge is 2.35. The summed E-state index contributed by atoms with van der Waals surface area (Å²) < 4.78 is 17.7. The van der Waals surface area contributed by atoms with Crippen molar-refractivity contribution in [3.8, 4) is 0 Å². The number of halogens is 1. The molecule has 0 unspecified atom stereocenters. The number of unbranched alkanes of at least 4 members (excludes halogenated alkanes) is 6. The maximum atomic E-state index is 13.3. The Morgan fingerprint density at radius 2 is 1.81 bits per heavy atom. The second kappa shape index (κ2) is 13.3. The van der Waals surface area contributed by atoms with E-state index in [2.05, 4.69) is 23.8 Å². The van der Waals surface area contributed by atoms with E-state index in [0.29, 0.717) is 18.3 Å². The molecular weight excluding hydrogens is 347 g/mol. The first kappa shape index (κ1) is 24.1. The Labute approximate surface area is 164 Å². The van der Waals surface area contributed by atoms with Crippen LogP contribution < -0.4 is 0 Å². The summed E-state index contributed by atoms with van der Waals surface area (Å²) in [5.41, 5.74) is 0. The molecule has 2 N–H and O–H groups in total. The highest BCUT2D eigenvalue weighted by Crippen LogP contribution is 2.41. The van der Waals surface area contributed by atoms with Gasteiger partial charge in [0, 0.05) is 6.42 Å². The van der Waals surface area contributed by atoms with Crippen LogP contribution in [-0.2, 0) is 9.53 Å². The van der Waals surface area contributed by atoms with Crippen molar-refractivity contribution in [3.05, 3.63) is 12.2 Å². The van der Waals surface area contributed by atoms with E-state index in [4.69, 9.17) is 0 Å². The van der Waals surface area contributed by atoms with E-state index in [-0.39, 0.29) is 19.0 Å². The number of hydrogen-bond acceptors (Lipinski definition) is 4.